The number of benzene rings is 1. The van der Waals surface area contributed by atoms with E-state index in [0.29, 0.717) is 24.8 Å². The summed E-state index contributed by atoms with van der Waals surface area (Å²) in [5.41, 5.74) is 5.74. The summed E-state index contributed by atoms with van der Waals surface area (Å²) in [5, 5.41) is 34.1. The molecule has 4 atom stereocenters. The molecule has 3 aromatic rings. The molecule has 2 aromatic heterocycles. The summed E-state index contributed by atoms with van der Waals surface area (Å²) >= 11 is 1.50. The van der Waals surface area contributed by atoms with Gasteiger partial charge in [-0.2, -0.15) is 0 Å². The summed E-state index contributed by atoms with van der Waals surface area (Å²) in [6, 6.07) is 13.3. The number of nitrogens with zero attached hydrogens (tertiary/aromatic N) is 2. The Kier molecular flexibility index (Phi) is 8.54. The first-order chi connectivity index (χ1) is 19.7. The number of rotatable bonds is 9. The number of aliphatic hydroxyl groups is 2. The standard InChI is InChI=1S/C33H36N2O5S/c1-19-15-25-30(33(40)35(32(25)39)17-24-7-6-12-41-24)26(18-36)29(19)28(37)10-9-23(27-8-4-5-11-34-27)16-22-13-20(2)31(38)21(3)14-22/h4-8,11-14,16,25-26,28,30,36-38H,9-10,15,17-18H2,1-3H3/b23-16-/t25-,26+,28-,30-/m1/s1. The summed E-state index contributed by atoms with van der Waals surface area (Å²) in [7, 11) is 0. The minimum atomic E-state index is -0.891. The second-order valence-electron chi connectivity index (χ2n) is 11.1. The van der Waals surface area contributed by atoms with Crippen LogP contribution in [0.25, 0.3) is 11.6 Å². The van der Waals surface area contributed by atoms with Crippen molar-refractivity contribution >= 4 is 34.8 Å². The number of aromatic nitrogens is 1. The lowest BCUT2D eigenvalue weighted by molar-refractivity contribution is -0.140. The number of pyridine rings is 1. The van der Waals surface area contributed by atoms with Crippen molar-refractivity contribution in [1.29, 1.82) is 0 Å². The van der Waals surface area contributed by atoms with Gasteiger partial charge in [0, 0.05) is 17.0 Å². The van der Waals surface area contributed by atoms with E-state index < -0.39 is 23.9 Å². The molecule has 1 aliphatic heterocycles. The van der Waals surface area contributed by atoms with Crippen molar-refractivity contribution in [2.45, 2.75) is 52.7 Å². The normalized spacial score (nSPS) is 21.9. The van der Waals surface area contributed by atoms with Gasteiger partial charge in [-0.25, -0.2) is 0 Å². The van der Waals surface area contributed by atoms with Gasteiger partial charge in [0.2, 0.25) is 11.8 Å². The van der Waals surface area contributed by atoms with E-state index in [2.05, 4.69) is 4.98 Å². The van der Waals surface area contributed by atoms with E-state index in [1.54, 1.807) is 6.20 Å². The van der Waals surface area contributed by atoms with E-state index in [4.69, 9.17) is 0 Å². The van der Waals surface area contributed by atoms with E-state index in [9.17, 15) is 24.9 Å². The second-order valence-corrected chi connectivity index (χ2v) is 12.2. The molecule has 0 bridgehead atoms. The quantitative estimate of drug-likeness (QED) is 0.238. The van der Waals surface area contributed by atoms with Crippen LogP contribution in [0.4, 0.5) is 0 Å². The number of allylic oxidation sites excluding steroid dienone is 2. The monoisotopic (exact) mass is 572 g/mol. The lowest BCUT2D eigenvalue weighted by Crippen LogP contribution is -2.38. The number of carbonyl (C=O) groups is 2. The van der Waals surface area contributed by atoms with Gasteiger partial charge < -0.3 is 15.3 Å². The van der Waals surface area contributed by atoms with Gasteiger partial charge >= 0.3 is 0 Å². The molecule has 1 aliphatic carbocycles. The smallest absolute Gasteiger partial charge is 0.234 e. The van der Waals surface area contributed by atoms with Gasteiger partial charge in [0.05, 0.1) is 36.8 Å². The number of phenolic OH excluding ortho intramolecular Hbond substituents is 1. The highest BCUT2D eigenvalue weighted by Gasteiger charge is 2.54. The molecule has 2 amide bonds. The molecule has 214 valence electrons. The average molecular weight is 573 g/mol. The van der Waals surface area contributed by atoms with E-state index >= 15 is 0 Å². The highest BCUT2D eigenvalue weighted by atomic mass is 32.1. The molecular formula is C33H36N2O5S. The SMILES string of the molecule is CC1=C([C@H](O)CC/C(=C/c2cc(C)c(O)c(C)c2)c2ccccn2)[C@H](CO)[C@@H]2C(=O)N(Cc3cccs3)C(=O)[C@@H]2C1. The number of hydrogen-bond acceptors (Lipinski definition) is 7. The van der Waals surface area contributed by atoms with Crippen LogP contribution in [0.2, 0.25) is 0 Å². The molecule has 0 spiro atoms. The number of aryl methyl sites for hydroxylation is 2. The Bertz CT molecular complexity index is 1470. The molecule has 0 unspecified atom stereocenters. The van der Waals surface area contributed by atoms with Gasteiger partial charge in [-0.1, -0.05) is 17.7 Å². The molecule has 5 rings (SSSR count). The molecule has 3 heterocycles. The van der Waals surface area contributed by atoms with Gasteiger partial charge in [0.15, 0.2) is 0 Å². The predicted molar refractivity (Wildman–Crippen MR) is 160 cm³/mol. The average Bonchev–Trinajstić information content (AvgIpc) is 3.56. The number of imide groups is 1. The molecule has 41 heavy (non-hydrogen) atoms. The van der Waals surface area contributed by atoms with Crippen LogP contribution in [0.1, 0.15) is 53.4 Å². The predicted octanol–water partition coefficient (Wildman–Crippen LogP) is 5.28. The van der Waals surface area contributed by atoms with Crippen LogP contribution in [0.3, 0.4) is 0 Å². The van der Waals surface area contributed by atoms with Crippen LogP contribution in [-0.2, 0) is 16.1 Å². The number of aliphatic hydroxyl groups excluding tert-OH is 2. The van der Waals surface area contributed by atoms with Crippen LogP contribution < -0.4 is 0 Å². The Morgan fingerprint density at radius 2 is 1.88 bits per heavy atom. The van der Waals surface area contributed by atoms with E-state index in [1.165, 1.54) is 16.2 Å². The number of likely N-dealkylation sites (tertiary alicyclic amines) is 1. The summed E-state index contributed by atoms with van der Waals surface area (Å²) in [6.45, 7) is 5.55. The fourth-order valence-corrected chi connectivity index (χ4v) is 7.14. The van der Waals surface area contributed by atoms with Crippen LogP contribution >= 0.6 is 11.3 Å². The lowest BCUT2D eigenvalue weighted by atomic mass is 9.68. The lowest BCUT2D eigenvalue weighted by Gasteiger charge is -2.35. The van der Waals surface area contributed by atoms with Crippen molar-refractivity contribution in [3.63, 3.8) is 0 Å². The van der Waals surface area contributed by atoms with Crippen LogP contribution in [-0.4, -0.2) is 49.7 Å². The maximum absolute atomic E-state index is 13.5. The number of hydrogen-bond donors (Lipinski definition) is 3. The van der Waals surface area contributed by atoms with Gasteiger partial charge in [0.1, 0.15) is 5.75 Å². The fraction of sp³-hybridized carbons (Fsp3) is 0.364. The van der Waals surface area contributed by atoms with Crippen molar-refractivity contribution in [1.82, 2.24) is 9.88 Å². The Hall–Kier alpha value is -3.59. The second kappa shape index (κ2) is 12.1. The third kappa shape index (κ3) is 5.77. The molecule has 1 aromatic carbocycles. The number of fused-ring (bicyclic) bond motifs is 1. The molecule has 0 radical (unpaired) electrons. The number of carbonyl (C=O) groups excluding carboxylic acids is 2. The molecule has 3 N–H and O–H groups in total. The molecular weight excluding hydrogens is 536 g/mol. The maximum atomic E-state index is 13.5. The van der Waals surface area contributed by atoms with E-state index in [0.717, 1.165) is 38.4 Å². The molecule has 2 aliphatic rings. The topological polar surface area (TPSA) is 111 Å². The summed E-state index contributed by atoms with van der Waals surface area (Å²) in [5.74, 6) is -1.98. The number of thiophene rings is 1. The van der Waals surface area contributed by atoms with Gasteiger partial charge in [-0.05, 0) is 110 Å². The van der Waals surface area contributed by atoms with Gasteiger partial charge in [-0.15, -0.1) is 11.3 Å². The van der Waals surface area contributed by atoms with Gasteiger partial charge in [-0.3, -0.25) is 19.5 Å². The molecule has 7 nitrogen and oxygen atoms in total. The zero-order valence-corrected chi connectivity index (χ0v) is 24.4. The fourth-order valence-electron chi connectivity index (χ4n) is 6.45. The number of amides is 2. The van der Waals surface area contributed by atoms with Gasteiger partial charge in [0.25, 0.3) is 0 Å². The van der Waals surface area contributed by atoms with Crippen molar-refractivity contribution in [3.8, 4) is 5.75 Å². The van der Waals surface area contributed by atoms with Crippen molar-refractivity contribution in [2.24, 2.45) is 17.8 Å². The molecule has 1 saturated heterocycles. The minimum absolute atomic E-state index is 0.195. The number of aromatic hydroxyl groups is 1. The first-order valence-corrected chi connectivity index (χ1v) is 14.9. The first kappa shape index (κ1) is 28.9. The number of phenols is 1. The van der Waals surface area contributed by atoms with Crippen LogP contribution in [0, 0.1) is 31.6 Å². The Labute approximate surface area is 244 Å². The Morgan fingerprint density at radius 1 is 1.12 bits per heavy atom. The third-order valence-electron chi connectivity index (χ3n) is 8.40. The Morgan fingerprint density at radius 3 is 2.51 bits per heavy atom. The summed E-state index contributed by atoms with van der Waals surface area (Å²) < 4.78 is 0. The van der Waals surface area contributed by atoms with Crippen molar-refractivity contribution in [2.75, 3.05) is 6.61 Å². The van der Waals surface area contributed by atoms with E-state index in [1.807, 2.05) is 74.7 Å². The highest BCUT2D eigenvalue weighted by Crippen LogP contribution is 2.46. The van der Waals surface area contributed by atoms with Crippen LogP contribution in [0.15, 0.2) is 65.2 Å². The molecule has 1 fully saturated rings. The van der Waals surface area contributed by atoms with Crippen molar-refractivity contribution in [3.05, 3.63) is 92.4 Å². The Balaban J connectivity index is 1.39. The third-order valence-corrected chi connectivity index (χ3v) is 9.27. The largest absolute Gasteiger partial charge is 0.507 e. The van der Waals surface area contributed by atoms with E-state index in [-0.39, 0.29) is 30.7 Å². The first-order valence-electron chi connectivity index (χ1n) is 14.0. The summed E-state index contributed by atoms with van der Waals surface area (Å²) in [4.78, 5) is 33.6. The summed E-state index contributed by atoms with van der Waals surface area (Å²) in [6.07, 6.45) is 4.12. The highest BCUT2D eigenvalue weighted by molar-refractivity contribution is 7.09. The van der Waals surface area contributed by atoms with Crippen molar-refractivity contribution < 1.29 is 24.9 Å². The molecule has 0 saturated carbocycles. The zero-order chi connectivity index (χ0) is 29.3. The zero-order valence-electron chi connectivity index (χ0n) is 23.6. The molecule has 8 heteroatoms. The maximum Gasteiger partial charge on any atom is 0.234 e. The van der Waals surface area contributed by atoms with Crippen LogP contribution in [0.5, 0.6) is 5.75 Å². The minimum Gasteiger partial charge on any atom is -0.507 e.